The van der Waals surface area contributed by atoms with Crippen LogP contribution in [0.1, 0.15) is 31.7 Å². The zero-order chi connectivity index (χ0) is 21.2. The van der Waals surface area contributed by atoms with Crippen molar-refractivity contribution in [2.75, 3.05) is 42.9 Å². The molecule has 3 amide bonds. The molecule has 1 saturated heterocycles. The van der Waals surface area contributed by atoms with Crippen molar-refractivity contribution < 1.29 is 9.59 Å². The molecule has 0 bridgehead atoms. The van der Waals surface area contributed by atoms with Crippen molar-refractivity contribution in [2.24, 2.45) is 0 Å². The molecule has 6 nitrogen and oxygen atoms in total. The topological polar surface area (TPSA) is 64.7 Å². The molecule has 0 spiro atoms. The first kappa shape index (κ1) is 21.7. The van der Waals surface area contributed by atoms with Crippen LogP contribution >= 0.6 is 0 Å². The SMILES string of the molecule is CCCCNC(=O)N1CCN(c2ccc(NC(=O)CCc3ccccc3)cc2)CC1. The van der Waals surface area contributed by atoms with Gasteiger partial charge in [-0.15, -0.1) is 0 Å². The van der Waals surface area contributed by atoms with Gasteiger partial charge in [-0.1, -0.05) is 43.7 Å². The van der Waals surface area contributed by atoms with E-state index in [-0.39, 0.29) is 11.9 Å². The van der Waals surface area contributed by atoms with Crippen molar-refractivity contribution in [3.05, 3.63) is 60.2 Å². The second kappa shape index (κ2) is 11.2. The minimum atomic E-state index is 0.0225. The molecule has 160 valence electrons. The van der Waals surface area contributed by atoms with Gasteiger partial charge in [0.1, 0.15) is 0 Å². The van der Waals surface area contributed by atoms with Crippen LogP contribution in [0.15, 0.2) is 54.6 Å². The maximum atomic E-state index is 12.2. The Bertz CT molecular complexity index is 800. The van der Waals surface area contributed by atoms with E-state index in [0.717, 1.165) is 63.4 Å². The van der Waals surface area contributed by atoms with Crippen LogP contribution in [0.4, 0.5) is 16.2 Å². The summed E-state index contributed by atoms with van der Waals surface area (Å²) in [6.45, 7) is 5.92. The van der Waals surface area contributed by atoms with E-state index in [1.807, 2.05) is 59.5 Å². The van der Waals surface area contributed by atoms with Gasteiger partial charge in [-0.05, 0) is 42.7 Å². The number of carbonyl (C=O) groups excluding carboxylic acids is 2. The normalized spacial score (nSPS) is 13.8. The van der Waals surface area contributed by atoms with Gasteiger partial charge in [0.05, 0.1) is 0 Å². The number of amides is 3. The molecule has 30 heavy (non-hydrogen) atoms. The molecule has 2 N–H and O–H groups in total. The van der Waals surface area contributed by atoms with Crippen LogP contribution in [0.25, 0.3) is 0 Å². The molecule has 6 heteroatoms. The first-order chi connectivity index (χ1) is 14.7. The number of unbranched alkanes of at least 4 members (excludes halogenated alkanes) is 1. The lowest BCUT2D eigenvalue weighted by molar-refractivity contribution is -0.116. The van der Waals surface area contributed by atoms with Gasteiger partial charge in [0.2, 0.25) is 5.91 Å². The molecule has 1 aliphatic rings. The van der Waals surface area contributed by atoms with Crippen LogP contribution in [-0.4, -0.2) is 49.6 Å². The Morgan fingerprint density at radius 3 is 2.30 bits per heavy atom. The second-order valence-corrected chi connectivity index (χ2v) is 7.64. The number of benzene rings is 2. The predicted octanol–water partition coefficient (Wildman–Crippen LogP) is 3.89. The number of rotatable bonds is 8. The fourth-order valence-electron chi connectivity index (χ4n) is 3.53. The predicted molar refractivity (Wildman–Crippen MR) is 122 cm³/mol. The summed E-state index contributed by atoms with van der Waals surface area (Å²) in [5.41, 5.74) is 3.09. The lowest BCUT2D eigenvalue weighted by Crippen LogP contribution is -2.52. The van der Waals surface area contributed by atoms with Gasteiger partial charge in [0, 0.05) is 50.5 Å². The van der Waals surface area contributed by atoms with Crippen molar-refractivity contribution in [3.63, 3.8) is 0 Å². The monoisotopic (exact) mass is 408 g/mol. The van der Waals surface area contributed by atoms with Crippen molar-refractivity contribution >= 4 is 23.3 Å². The fourth-order valence-corrected chi connectivity index (χ4v) is 3.53. The summed E-state index contributed by atoms with van der Waals surface area (Å²) in [5, 5.41) is 5.95. The van der Waals surface area contributed by atoms with Gasteiger partial charge < -0.3 is 20.4 Å². The number of piperazine rings is 1. The summed E-state index contributed by atoms with van der Waals surface area (Å²) < 4.78 is 0. The number of hydrogen-bond acceptors (Lipinski definition) is 3. The minimum absolute atomic E-state index is 0.0225. The van der Waals surface area contributed by atoms with E-state index < -0.39 is 0 Å². The molecule has 0 saturated carbocycles. The minimum Gasteiger partial charge on any atom is -0.368 e. The number of urea groups is 1. The first-order valence-electron chi connectivity index (χ1n) is 10.9. The summed E-state index contributed by atoms with van der Waals surface area (Å²) in [6, 6.07) is 18.0. The van der Waals surface area contributed by atoms with Gasteiger partial charge in [-0.2, -0.15) is 0 Å². The van der Waals surface area contributed by atoms with E-state index >= 15 is 0 Å². The number of nitrogens with one attached hydrogen (secondary N) is 2. The number of carbonyl (C=O) groups is 2. The van der Waals surface area contributed by atoms with Crippen molar-refractivity contribution in [1.29, 1.82) is 0 Å². The van der Waals surface area contributed by atoms with Gasteiger partial charge in [0.15, 0.2) is 0 Å². The molecular weight excluding hydrogens is 376 g/mol. The molecule has 0 aromatic heterocycles. The molecular formula is C24H32N4O2. The molecule has 0 radical (unpaired) electrons. The second-order valence-electron chi connectivity index (χ2n) is 7.64. The first-order valence-corrected chi connectivity index (χ1v) is 10.9. The van der Waals surface area contributed by atoms with Crippen LogP contribution in [0, 0.1) is 0 Å². The number of aryl methyl sites for hydroxylation is 1. The van der Waals surface area contributed by atoms with E-state index in [0.29, 0.717) is 6.42 Å². The Hall–Kier alpha value is -3.02. The average Bonchev–Trinajstić information content (AvgIpc) is 2.79. The van der Waals surface area contributed by atoms with E-state index in [4.69, 9.17) is 0 Å². The van der Waals surface area contributed by atoms with Crippen LogP contribution in [0.5, 0.6) is 0 Å². The molecule has 3 rings (SSSR count). The van der Waals surface area contributed by atoms with E-state index in [1.165, 1.54) is 5.56 Å². The van der Waals surface area contributed by atoms with Crippen LogP contribution in [-0.2, 0) is 11.2 Å². The van der Waals surface area contributed by atoms with Gasteiger partial charge in [-0.25, -0.2) is 4.79 Å². The zero-order valence-corrected chi connectivity index (χ0v) is 17.8. The lowest BCUT2D eigenvalue weighted by Gasteiger charge is -2.36. The Labute approximate surface area is 179 Å². The molecule has 1 fully saturated rings. The summed E-state index contributed by atoms with van der Waals surface area (Å²) >= 11 is 0. The fraction of sp³-hybridized carbons (Fsp3) is 0.417. The van der Waals surface area contributed by atoms with E-state index in [1.54, 1.807) is 0 Å². The molecule has 2 aromatic rings. The van der Waals surface area contributed by atoms with Gasteiger partial charge in [-0.3, -0.25) is 4.79 Å². The third-order valence-corrected chi connectivity index (χ3v) is 5.37. The molecule has 0 unspecified atom stereocenters. The van der Waals surface area contributed by atoms with Gasteiger partial charge in [0.25, 0.3) is 0 Å². The highest BCUT2D eigenvalue weighted by Gasteiger charge is 2.20. The quantitative estimate of drug-likeness (QED) is 0.652. The maximum absolute atomic E-state index is 12.2. The average molecular weight is 409 g/mol. The molecule has 2 aromatic carbocycles. The molecule has 1 heterocycles. The summed E-state index contributed by atoms with van der Waals surface area (Å²) in [4.78, 5) is 28.5. The Balaban J connectivity index is 1.42. The van der Waals surface area contributed by atoms with Crippen molar-refractivity contribution in [2.45, 2.75) is 32.6 Å². The molecule has 0 aliphatic carbocycles. The number of anilines is 2. The van der Waals surface area contributed by atoms with Crippen LogP contribution in [0.3, 0.4) is 0 Å². The largest absolute Gasteiger partial charge is 0.368 e. The van der Waals surface area contributed by atoms with Gasteiger partial charge >= 0.3 is 6.03 Å². The highest BCUT2D eigenvalue weighted by molar-refractivity contribution is 5.91. The highest BCUT2D eigenvalue weighted by Crippen LogP contribution is 2.20. The van der Waals surface area contributed by atoms with E-state index in [9.17, 15) is 9.59 Å². The van der Waals surface area contributed by atoms with Crippen molar-refractivity contribution in [3.8, 4) is 0 Å². The lowest BCUT2D eigenvalue weighted by atomic mass is 10.1. The number of nitrogens with zero attached hydrogens (tertiary/aromatic N) is 2. The van der Waals surface area contributed by atoms with E-state index in [2.05, 4.69) is 22.5 Å². The Morgan fingerprint density at radius 2 is 1.63 bits per heavy atom. The summed E-state index contributed by atoms with van der Waals surface area (Å²) in [7, 11) is 0. The standard InChI is InChI=1S/C24H32N4O2/c1-2-3-15-25-24(30)28-18-16-27(17-19-28)22-12-10-21(11-13-22)26-23(29)14-9-20-7-5-4-6-8-20/h4-8,10-13H,2-3,9,14-19H2,1H3,(H,25,30)(H,26,29). The highest BCUT2D eigenvalue weighted by atomic mass is 16.2. The Kier molecular flexibility index (Phi) is 8.12. The zero-order valence-electron chi connectivity index (χ0n) is 17.8. The third-order valence-electron chi connectivity index (χ3n) is 5.37. The summed E-state index contributed by atoms with van der Waals surface area (Å²) in [6.07, 6.45) is 3.30. The Morgan fingerprint density at radius 1 is 0.933 bits per heavy atom. The summed E-state index contributed by atoms with van der Waals surface area (Å²) in [5.74, 6) is 0.0225. The smallest absolute Gasteiger partial charge is 0.317 e. The van der Waals surface area contributed by atoms with Crippen LogP contribution in [0.2, 0.25) is 0 Å². The van der Waals surface area contributed by atoms with Crippen LogP contribution < -0.4 is 15.5 Å². The van der Waals surface area contributed by atoms with Crippen molar-refractivity contribution in [1.82, 2.24) is 10.2 Å². The third kappa shape index (κ3) is 6.51. The number of hydrogen-bond donors (Lipinski definition) is 2. The maximum Gasteiger partial charge on any atom is 0.317 e. The molecule has 1 aliphatic heterocycles. The molecule has 0 atom stereocenters.